The molecular formula is C19H22N4O2. The summed E-state index contributed by atoms with van der Waals surface area (Å²) in [5, 5.41) is 5.74. The number of pyridine rings is 1. The molecule has 6 nitrogen and oxygen atoms in total. The van der Waals surface area contributed by atoms with Gasteiger partial charge in [0.15, 0.2) is 0 Å². The molecule has 0 bridgehead atoms. The Kier molecular flexibility index (Phi) is 5.40. The number of carbonyl (C=O) groups is 2. The average Bonchev–Trinajstić information content (AvgIpc) is 2.63. The van der Waals surface area contributed by atoms with Crippen LogP contribution in [0.5, 0.6) is 0 Å². The van der Waals surface area contributed by atoms with Crippen molar-refractivity contribution >= 4 is 23.2 Å². The first kappa shape index (κ1) is 17.1. The Morgan fingerprint density at radius 2 is 1.88 bits per heavy atom. The van der Waals surface area contributed by atoms with E-state index in [0.717, 1.165) is 25.8 Å². The molecule has 2 heterocycles. The van der Waals surface area contributed by atoms with Gasteiger partial charge in [-0.3, -0.25) is 19.5 Å². The van der Waals surface area contributed by atoms with E-state index in [-0.39, 0.29) is 17.9 Å². The van der Waals surface area contributed by atoms with Gasteiger partial charge in [-0.25, -0.2) is 0 Å². The number of benzene rings is 1. The summed E-state index contributed by atoms with van der Waals surface area (Å²) in [4.78, 5) is 30.8. The third-order valence-electron chi connectivity index (χ3n) is 4.40. The summed E-state index contributed by atoms with van der Waals surface area (Å²) in [5.74, 6) is -0.244. The summed E-state index contributed by atoms with van der Waals surface area (Å²) in [7, 11) is 1.97. The maximum Gasteiger partial charge on any atom is 0.255 e. The number of anilines is 2. The van der Waals surface area contributed by atoms with Gasteiger partial charge in [0.2, 0.25) is 5.91 Å². The second kappa shape index (κ2) is 7.90. The van der Waals surface area contributed by atoms with Crippen LogP contribution in [0.15, 0.2) is 48.8 Å². The normalized spacial score (nSPS) is 17.7. The fourth-order valence-electron chi connectivity index (χ4n) is 3.01. The zero-order valence-corrected chi connectivity index (χ0v) is 14.2. The molecule has 2 amide bonds. The van der Waals surface area contributed by atoms with Crippen molar-refractivity contribution in [1.82, 2.24) is 9.88 Å². The van der Waals surface area contributed by atoms with Crippen molar-refractivity contribution in [2.75, 3.05) is 24.2 Å². The minimum absolute atomic E-state index is 0.0195. The fraction of sp³-hybridized carbons (Fsp3) is 0.316. The van der Waals surface area contributed by atoms with Gasteiger partial charge in [-0.05, 0) is 56.8 Å². The molecule has 1 aliphatic heterocycles. The molecule has 3 rings (SSSR count). The van der Waals surface area contributed by atoms with Crippen LogP contribution in [0.2, 0.25) is 0 Å². The lowest BCUT2D eigenvalue weighted by molar-refractivity contribution is -0.121. The Morgan fingerprint density at radius 1 is 1.08 bits per heavy atom. The molecule has 25 heavy (non-hydrogen) atoms. The summed E-state index contributed by atoms with van der Waals surface area (Å²) in [6.45, 7) is 0.937. The van der Waals surface area contributed by atoms with Crippen LogP contribution >= 0.6 is 0 Å². The van der Waals surface area contributed by atoms with E-state index in [2.05, 4.69) is 20.5 Å². The lowest BCUT2D eigenvalue weighted by Gasteiger charge is -2.31. The molecule has 1 atom stereocenters. The molecule has 130 valence electrons. The van der Waals surface area contributed by atoms with E-state index in [4.69, 9.17) is 0 Å². The van der Waals surface area contributed by atoms with Gasteiger partial charge in [0.05, 0.1) is 6.04 Å². The molecule has 1 aliphatic rings. The Hall–Kier alpha value is -2.73. The second-order valence-corrected chi connectivity index (χ2v) is 6.25. The molecule has 1 saturated heterocycles. The van der Waals surface area contributed by atoms with Gasteiger partial charge in [-0.15, -0.1) is 0 Å². The van der Waals surface area contributed by atoms with Crippen LogP contribution in [0.3, 0.4) is 0 Å². The average molecular weight is 338 g/mol. The molecule has 0 spiro atoms. The smallest absolute Gasteiger partial charge is 0.255 e. The zero-order chi connectivity index (χ0) is 17.6. The van der Waals surface area contributed by atoms with Gasteiger partial charge in [0.25, 0.3) is 5.91 Å². The van der Waals surface area contributed by atoms with Crippen molar-refractivity contribution < 1.29 is 9.59 Å². The van der Waals surface area contributed by atoms with E-state index in [1.807, 2.05) is 7.05 Å². The highest BCUT2D eigenvalue weighted by atomic mass is 16.2. The molecule has 6 heteroatoms. The van der Waals surface area contributed by atoms with E-state index in [1.165, 1.54) is 0 Å². The molecular weight excluding hydrogens is 316 g/mol. The monoisotopic (exact) mass is 338 g/mol. The number of rotatable bonds is 4. The molecule has 1 unspecified atom stereocenters. The van der Waals surface area contributed by atoms with Crippen LogP contribution in [0, 0.1) is 0 Å². The number of hydrogen-bond acceptors (Lipinski definition) is 4. The molecule has 0 aliphatic carbocycles. The number of carbonyl (C=O) groups excluding carboxylic acids is 2. The van der Waals surface area contributed by atoms with Crippen LogP contribution in [-0.2, 0) is 4.79 Å². The quantitative estimate of drug-likeness (QED) is 0.899. The fourth-order valence-corrected chi connectivity index (χ4v) is 3.01. The van der Waals surface area contributed by atoms with Gasteiger partial charge in [-0.2, -0.15) is 0 Å². The Balaban J connectivity index is 1.66. The van der Waals surface area contributed by atoms with E-state index in [9.17, 15) is 9.59 Å². The maximum atomic E-state index is 12.5. The first-order valence-corrected chi connectivity index (χ1v) is 8.46. The number of hydrogen-bond donors (Lipinski definition) is 2. The number of aromatic nitrogens is 1. The van der Waals surface area contributed by atoms with E-state index >= 15 is 0 Å². The Labute approximate surface area is 147 Å². The molecule has 2 N–H and O–H groups in total. The van der Waals surface area contributed by atoms with Crippen LogP contribution in [0.1, 0.15) is 29.6 Å². The molecule has 1 aromatic heterocycles. The molecule has 2 aromatic rings. The van der Waals surface area contributed by atoms with Crippen molar-refractivity contribution in [1.29, 1.82) is 0 Å². The SMILES string of the molecule is CN1CCCCC1C(=O)Nc1cccc(C(=O)Nc2ccncc2)c1. The van der Waals surface area contributed by atoms with E-state index in [1.54, 1.807) is 48.8 Å². The van der Waals surface area contributed by atoms with Gasteiger partial charge in [0.1, 0.15) is 0 Å². The summed E-state index contributed by atoms with van der Waals surface area (Å²) < 4.78 is 0. The number of amides is 2. The molecule has 1 aromatic carbocycles. The number of likely N-dealkylation sites (tertiary alicyclic amines) is 1. The largest absolute Gasteiger partial charge is 0.325 e. The van der Waals surface area contributed by atoms with Gasteiger partial charge < -0.3 is 10.6 Å². The van der Waals surface area contributed by atoms with Crippen LogP contribution in [-0.4, -0.2) is 41.3 Å². The van der Waals surface area contributed by atoms with Crippen LogP contribution in [0.25, 0.3) is 0 Å². The number of piperidine rings is 1. The Morgan fingerprint density at radius 3 is 2.64 bits per heavy atom. The summed E-state index contributed by atoms with van der Waals surface area (Å²) in [5.41, 5.74) is 1.80. The first-order chi connectivity index (χ1) is 12.1. The predicted molar refractivity (Wildman–Crippen MR) is 97.5 cm³/mol. The van der Waals surface area contributed by atoms with Gasteiger partial charge in [-0.1, -0.05) is 12.5 Å². The highest BCUT2D eigenvalue weighted by Crippen LogP contribution is 2.18. The maximum absolute atomic E-state index is 12.5. The number of likely N-dealkylation sites (N-methyl/N-ethyl adjacent to an activating group) is 1. The topological polar surface area (TPSA) is 74.3 Å². The predicted octanol–water partition coefficient (Wildman–Crippen LogP) is 2.76. The van der Waals surface area contributed by atoms with Crippen LogP contribution in [0.4, 0.5) is 11.4 Å². The third-order valence-corrected chi connectivity index (χ3v) is 4.40. The molecule has 0 saturated carbocycles. The highest BCUT2D eigenvalue weighted by molar-refractivity contribution is 6.05. The van der Waals surface area contributed by atoms with Crippen LogP contribution < -0.4 is 10.6 Å². The number of nitrogens with zero attached hydrogens (tertiary/aromatic N) is 2. The summed E-state index contributed by atoms with van der Waals surface area (Å²) >= 11 is 0. The number of nitrogens with one attached hydrogen (secondary N) is 2. The second-order valence-electron chi connectivity index (χ2n) is 6.25. The van der Waals surface area contributed by atoms with Gasteiger partial charge >= 0.3 is 0 Å². The van der Waals surface area contributed by atoms with Crippen molar-refractivity contribution in [2.45, 2.75) is 25.3 Å². The van der Waals surface area contributed by atoms with Gasteiger partial charge in [0, 0.05) is 29.3 Å². The zero-order valence-electron chi connectivity index (χ0n) is 14.2. The minimum atomic E-state index is -0.225. The molecule has 0 radical (unpaired) electrons. The van der Waals surface area contributed by atoms with Crippen molar-refractivity contribution in [3.63, 3.8) is 0 Å². The summed E-state index contributed by atoms with van der Waals surface area (Å²) in [6, 6.07) is 10.3. The van der Waals surface area contributed by atoms with Crippen molar-refractivity contribution in [2.24, 2.45) is 0 Å². The van der Waals surface area contributed by atoms with E-state index in [0.29, 0.717) is 16.9 Å². The molecule has 1 fully saturated rings. The van der Waals surface area contributed by atoms with Crippen molar-refractivity contribution in [3.05, 3.63) is 54.4 Å². The minimum Gasteiger partial charge on any atom is -0.325 e. The lowest BCUT2D eigenvalue weighted by Crippen LogP contribution is -2.44. The Bertz CT molecular complexity index is 748. The lowest BCUT2D eigenvalue weighted by atomic mass is 10.0. The highest BCUT2D eigenvalue weighted by Gasteiger charge is 2.25. The van der Waals surface area contributed by atoms with E-state index < -0.39 is 0 Å². The summed E-state index contributed by atoms with van der Waals surface area (Å²) in [6.07, 6.45) is 6.30. The standard InChI is InChI=1S/C19H22N4O2/c1-23-12-3-2-7-17(23)19(25)22-16-6-4-5-14(13-16)18(24)21-15-8-10-20-11-9-15/h4-6,8-11,13,17H,2-3,7,12H2,1H3,(H,22,25)(H,20,21,24). The first-order valence-electron chi connectivity index (χ1n) is 8.46. The van der Waals surface area contributed by atoms with Crippen molar-refractivity contribution in [3.8, 4) is 0 Å². The third kappa shape index (κ3) is 4.42.